The largest absolute Gasteiger partial charge is 0.496 e. The van der Waals surface area contributed by atoms with Crippen molar-refractivity contribution in [3.8, 4) is 17.2 Å². The maximum atomic E-state index is 6.49. The highest BCUT2D eigenvalue weighted by atomic mass is 35.5. The SMILES string of the molecule is CCOc1cc(/C=N/NCc2ccccc2OC)cc(Cl)c1OCc1ccc(Cl)c(Cl)c1. The molecule has 0 aliphatic rings. The van der Waals surface area contributed by atoms with Gasteiger partial charge in [-0.05, 0) is 48.4 Å². The van der Waals surface area contributed by atoms with Crippen molar-refractivity contribution in [2.75, 3.05) is 13.7 Å². The summed E-state index contributed by atoms with van der Waals surface area (Å²) in [5, 5.41) is 5.66. The Morgan fingerprint density at radius 2 is 1.72 bits per heavy atom. The molecule has 0 radical (unpaired) electrons. The quantitative estimate of drug-likeness (QED) is 0.250. The molecule has 0 aromatic heterocycles. The summed E-state index contributed by atoms with van der Waals surface area (Å²) in [5.74, 6) is 1.80. The Hall–Kier alpha value is -2.60. The summed E-state index contributed by atoms with van der Waals surface area (Å²) in [6.07, 6.45) is 1.67. The fraction of sp³-hybridized carbons (Fsp3) is 0.208. The van der Waals surface area contributed by atoms with Crippen LogP contribution < -0.4 is 19.6 Å². The van der Waals surface area contributed by atoms with Gasteiger partial charge in [0.25, 0.3) is 0 Å². The summed E-state index contributed by atoms with van der Waals surface area (Å²) in [6, 6.07) is 16.7. The normalized spacial score (nSPS) is 10.9. The molecule has 0 heterocycles. The van der Waals surface area contributed by atoms with Gasteiger partial charge >= 0.3 is 0 Å². The third kappa shape index (κ3) is 6.45. The van der Waals surface area contributed by atoms with Crippen LogP contribution in [-0.2, 0) is 13.2 Å². The zero-order valence-electron chi connectivity index (χ0n) is 17.7. The Bertz CT molecular complexity index is 1090. The molecule has 5 nitrogen and oxygen atoms in total. The molecule has 3 aromatic rings. The molecule has 3 rings (SSSR count). The number of methoxy groups -OCH3 is 1. The third-order valence-corrected chi connectivity index (χ3v) is 5.49. The number of halogens is 3. The van der Waals surface area contributed by atoms with Crippen LogP contribution in [0.5, 0.6) is 17.2 Å². The molecule has 0 spiro atoms. The van der Waals surface area contributed by atoms with E-state index >= 15 is 0 Å². The minimum atomic E-state index is 0.268. The molecule has 0 aliphatic carbocycles. The van der Waals surface area contributed by atoms with Crippen molar-refractivity contribution in [1.82, 2.24) is 5.43 Å². The van der Waals surface area contributed by atoms with Gasteiger partial charge in [0.2, 0.25) is 0 Å². The van der Waals surface area contributed by atoms with E-state index in [-0.39, 0.29) is 6.61 Å². The van der Waals surface area contributed by atoms with Gasteiger partial charge in [-0.15, -0.1) is 0 Å². The number of nitrogens with one attached hydrogen (secondary N) is 1. The number of nitrogens with zero attached hydrogens (tertiary/aromatic N) is 1. The number of para-hydroxylation sites is 1. The van der Waals surface area contributed by atoms with Gasteiger partial charge in [-0.3, -0.25) is 0 Å². The Labute approximate surface area is 202 Å². The molecule has 0 unspecified atom stereocenters. The van der Waals surface area contributed by atoms with Crippen molar-refractivity contribution in [1.29, 1.82) is 0 Å². The summed E-state index contributed by atoms with van der Waals surface area (Å²) in [4.78, 5) is 0. The van der Waals surface area contributed by atoms with Crippen LogP contribution in [0.1, 0.15) is 23.6 Å². The Morgan fingerprint density at radius 3 is 2.47 bits per heavy atom. The lowest BCUT2D eigenvalue weighted by Crippen LogP contribution is -2.07. The number of hydrogen-bond acceptors (Lipinski definition) is 5. The summed E-state index contributed by atoms with van der Waals surface area (Å²) in [6.45, 7) is 3.15. The maximum Gasteiger partial charge on any atom is 0.180 e. The van der Waals surface area contributed by atoms with E-state index in [1.54, 1.807) is 31.5 Å². The fourth-order valence-corrected chi connectivity index (χ4v) is 3.54. The van der Waals surface area contributed by atoms with E-state index in [2.05, 4.69) is 10.5 Å². The molecule has 0 saturated heterocycles. The van der Waals surface area contributed by atoms with Crippen molar-refractivity contribution in [3.05, 3.63) is 86.4 Å². The van der Waals surface area contributed by atoms with Crippen LogP contribution in [0.25, 0.3) is 0 Å². The first-order chi connectivity index (χ1) is 15.5. The predicted octanol–water partition coefficient (Wildman–Crippen LogP) is 6.76. The molecule has 0 aliphatic heterocycles. The van der Waals surface area contributed by atoms with Crippen molar-refractivity contribution in [2.45, 2.75) is 20.1 Å². The lowest BCUT2D eigenvalue weighted by Gasteiger charge is -2.15. The Kier molecular flexibility index (Phi) is 8.91. The zero-order valence-corrected chi connectivity index (χ0v) is 20.0. The number of ether oxygens (including phenoxy) is 3. The summed E-state index contributed by atoms with van der Waals surface area (Å²) in [7, 11) is 1.64. The van der Waals surface area contributed by atoms with Crippen molar-refractivity contribution in [3.63, 3.8) is 0 Å². The first-order valence-electron chi connectivity index (χ1n) is 9.92. The van der Waals surface area contributed by atoms with Crippen molar-refractivity contribution < 1.29 is 14.2 Å². The number of rotatable bonds is 10. The minimum absolute atomic E-state index is 0.268. The molecule has 3 aromatic carbocycles. The summed E-state index contributed by atoms with van der Waals surface area (Å²) >= 11 is 18.5. The van der Waals surface area contributed by atoms with E-state index < -0.39 is 0 Å². The molecule has 0 amide bonds. The smallest absolute Gasteiger partial charge is 0.180 e. The molecule has 168 valence electrons. The fourth-order valence-electron chi connectivity index (χ4n) is 2.95. The monoisotopic (exact) mass is 492 g/mol. The van der Waals surface area contributed by atoms with E-state index in [0.717, 1.165) is 22.4 Å². The second-order valence-corrected chi connectivity index (χ2v) is 7.93. The molecule has 0 fully saturated rings. The lowest BCUT2D eigenvalue weighted by molar-refractivity contribution is 0.269. The topological polar surface area (TPSA) is 52.1 Å². The van der Waals surface area contributed by atoms with Crippen LogP contribution in [-0.4, -0.2) is 19.9 Å². The summed E-state index contributed by atoms with van der Waals surface area (Å²) in [5.41, 5.74) is 5.66. The first kappa shape index (κ1) is 24.1. The van der Waals surface area contributed by atoms with Gasteiger partial charge in [-0.1, -0.05) is 59.1 Å². The van der Waals surface area contributed by atoms with Gasteiger partial charge in [0.1, 0.15) is 12.4 Å². The van der Waals surface area contributed by atoms with Gasteiger partial charge in [-0.25, -0.2) is 0 Å². The van der Waals surface area contributed by atoms with Crippen molar-refractivity contribution >= 4 is 41.0 Å². The average Bonchev–Trinajstić information content (AvgIpc) is 2.79. The molecular weight excluding hydrogens is 471 g/mol. The average molecular weight is 494 g/mol. The molecular formula is C24H23Cl3N2O3. The van der Waals surface area contributed by atoms with Gasteiger partial charge in [0.05, 0.1) is 41.5 Å². The van der Waals surface area contributed by atoms with E-state index in [1.807, 2.05) is 43.3 Å². The first-order valence-corrected chi connectivity index (χ1v) is 11.1. The molecule has 32 heavy (non-hydrogen) atoms. The van der Waals surface area contributed by atoms with Gasteiger partial charge in [0.15, 0.2) is 11.5 Å². The van der Waals surface area contributed by atoms with E-state index in [1.165, 1.54) is 0 Å². The Morgan fingerprint density at radius 1 is 0.906 bits per heavy atom. The van der Waals surface area contributed by atoms with E-state index in [4.69, 9.17) is 49.0 Å². The predicted molar refractivity (Wildman–Crippen MR) is 131 cm³/mol. The maximum absolute atomic E-state index is 6.49. The van der Waals surface area contributed by atoms with Crippen LogP contribution in [0.15, 0.2) is 59.7 Å². The van der Waals surface area contributed by atoms with E-state index in [0.29, 0.717) is 39.7 Å². The second-order valence-electron chi connectivity index (χ2n) is 6.71. The van der Waals surface area contributed by atoms with E-state index in [9.17, 15) is 0 Å². The van der Waals surface area contributed by atoms with Crippen molar-refractivity contribution in [2.24, 2.45) is 5.10 Å². The third-order valence-electron chi connectivity index (χ3n) is 4.47. The molecule has 0 atom stereocenters. The number of hydrazone groups is 1. The Balaban J connectivity index is 1.70. The lowest BCUT2D eigenvalue weighted by atomic mass is 10.2. The highest BCUT2D eigenvalue weighted by Crippen LogP contribution is 2.37. The molecule has 0 bridgehead atoms. The molecule has 0 saturated carbocycles. The van der Waals surface area contributed by atoms with Gasteiger partial charge in [0, 0.05) is 5.56 Å². The zero-order chi connectivity index (χ0) is 22.9. The van der Waals surface area contributed by atoms with Crippen LogP contribution in [0.3, 0.4) is 0 Å². The standard InChI is InChI=1S/C24H23Cl3N2O3/c1-3-31-23-12-17(13-28-29-14-18-6-4-5-7-22(18)30-2)11-21(27)24(23)32-15-16-8-9-19(25)20(26)10-16/h4-13,29H,3,14-15H2,1-2H3/b28-13+. The summed E-state index contributed by atoms with van der Waals surface area (Å²) < 4.78 is 17.0. The van der Waals surface area contributed by atoms with Gasteiger partial charge in [-0.2, -0.15) is 5.10 Å². The number of hydrogen-bond donors (Lipinski definition) is 1. The second kappa shape index (κ2) is 11.9. The molecule has 8 heteroatoms. The minimum Gasteiger partial charge on any atom is -0.496 e. The molecule has 1 N–H and O–H groups in total. The highest BCUT2D eigenvalue weighted by molar-refractivity contribution is 6.42. The van der Waals surface area contributed by atoms with Gasteiger partial charge < -0.3 is 19.6 Å². The number of benzene rings is 3. The highest BCUT2D eigenvalue weighted by Gasteiger charge is 2.13. The van der Waals surface area contributed by atoms with Crippen LogP contribution in [0.4, 0.5) is 0 Å². The van der Waals surface area contributed by atoms with Crippen LogP contribution in [0.2, 0.25) is 15.1 Å². The van der Waals surface area contributed by atoms with Crippen LogP contribution >= 0.6 is 34.8 Å². The van der Waals surface area contributed by atoms with Crippen LogP contribution in [0, 0.1) is 0 Å².